The Kier molecular flexibility index (Phi) is 6.32. The van der Waals surface area contributed by atoms with E-state index in [2.05, 4.69) is 132 Å². The van der Waals surface area contributed by atoms with E-state index in [1.165, 1.54) is 48.2 Å². The molecule has 0 aliphatic heterocycles. The summed E-state index contributed by atoms with van der Waals surface area (Å²) in [5, 5.41) is 1.28. The smallest absolute Gasteiger partial charge is 0.160 e. The lowest BCUT2D eigenvalue weighted by Gasteiger charge is -2.10. The molecule has 216 valence electrons. The molecule has 3 aromatic heterocycles. The van der Waals surface area contributed by atoms with E-state index in [4.69, 9.17) is 9.97 Å². The van der Waals surface area contributed by atoms with Crippen molar-refractivity contribution in [3.05, 3.63) is 164 Å². The van der Waals surface area contributed by atoms with E-state index in [-0.39, 0.29) is 0 Å². The number of thiazole rings is 1. The molecule has 0 bridgehead atoms. The van der Waals surface area contributed by atoms with E-state index < -0.39 is 0 Å². The van der Waals surface area contributed by atoms with Gasteiger partial charge in [-0.2, -0.15) is 0 Å². The Morgan fingerprint density at radius 2 is 0.913 bits per heavy atom. The van der Waals surface area contributed by atoms with Gasteiger partial charge in [-0.3, -0.25) is 4.40 Å². The molecule has 0 aliphatic rings. The summed E-state index contributed by atoms with van der Waals surface area (Å²) in [7, 11) is 0. The van der Waals surface area contributed by atoms with E-state index in [1.807, 2.05) is 47.7 Å². The average molecular weight is 606 g/mol. The van der Waals surface area contributed by atoms with Crippen molar-refractivity contribution in [1.29, 1.82) is 0 Å². The Labute approximate surface area is 270 Å². The third-order valence-electron chi connectivity index (χ3n) is 8.66. The Hall–Kier alpha value is -5.84. The lowest BCUT2D eigenvalue weighted by molar-refractivity contribution is 1.18. The van der Waals surface area contributed by atoms with Crippen LogP contribution in [0.25, 0.3) is 82.1 Å². The van der Waals surface area contributed by atoms with Gasteiger partial charge in [-0.25, -0.2) is 9.97 Å². The van der Waals surface area contributed by atoms with Gasteiger partial charge < -0.3 is 0 Å². The van der Waals surface area contributed by atoms with Crippen LogP contribution >= 0.6 is 11.3 Å². The van der Waals surface area contributed by atoms with Gasteiger partial charge in [0.05, 0.1) is 27.1 Å². The fourth-order valence-electron chi connectivity index (χ4n) is 6.39. The lowest BCUT2D eigenvalue weighted by atomic mass is 9.98. The van der Waals surface area contributed by atoms with E-state index in [0.717, 1.165) is 33.9 Å². The van der Waals surface area contributed by atoms with E-state index in [1.54, 1.807) is 0 Å². The Morgan fingerprint density at radius 1 is 0.413 bits per heavy atom. The van der Waals surface area contributed by atoms with Crippen molar-refractivity contribution in [2.75, 3.05) is 0 Å². The van der Waals surface area contributed by atoms with Crippen LogP contribution in [0.2, 0.25) is 0 Å². The van der Waals surface area contributed by atoms with Crippen molar-refractivity contribution in [1.82, 2.24) is 14.4 Å². The van der Waals surface area contributed by atoms with Crippen LogP contribution in [-0.2, 0) is 0 Å². The van der Waals surface area contributed by atoms with Gasteiger partial charge in [-0.05, 0) is 41.0 Å². The van der Waals surface area contributed by atoms with Crippen LogP contribution in [-0.4, -0.2) is 14.4 Å². The molecule has 9 aromatic rings. The van der Waals surface area contributed by atoms with Crippen LogP contribution in [0.5, 0.6) is 0 Å². The van der Waals surface area contributed by atoms with Crippen molar-refractivity contribution in [3.63, 3.8) is 0 Å². The summed E-state index contributed by atoms with van der Waals surface area (Å²) in [4.78, 5) is 11.2. The summed E-state index contributed by atoms with van der Waals surface area (Å²) in [5.41, 5.74) is 12.3. The minimum absolute atomic E-state index is 0.725. The summed E-state index contributed by atoms with van der Waals surface area (Å²) < 4.78 is 3.72. The number of hydrogen-bond donors (Lipinski definition) is 0. The number of fused-ring (bicyclic) bond motifs is 5. The lowest BCUT2D eigenvalue weighted by Crippen LogP contribution is -1.95. The molecule has 0 saturated heterocycles. The minimum Gasteiger partial charge on any atom is -0.299 e. The van der Waals surface area contributed by atoms with Crippen molar-refractivity contribution >= 4 is 37.3 Å². The topological polar surface area (TPSA) is 30.2 Å². The first kappa shape index (κ1) is 26.6. The number of nitrogens with zero attached hydrogens (tertiary/aromatic N) is 3. The number of aromatic nitrogens is 3. The van der Waals surface area contributed by atoms with Crippen molar-refractivity contribution < 1.29 is 0 Å². The molecule has 4 heteroatoms. The molecule has 46 heavy (non-hydrogen) atoms. The molecule has 0 saturated carbocycles. The van der Waals surface area contributed by atoms with Gasteiger partial charge in [0.15, 0.2) is 5.82 Å². The second kappa shape index (κ2) is 11.0. The Morgan fingerprint density at radius 3 is 1.59 bits per heavy atom. The van der Waals surface area contributed by atoms with Crippen LogP contribution in [0.1, 0.15) is 0 Å². The van der Waals surface area contributed by atoms with E-state index in [9.17, 15) is 0 Å². The van der Waals surface area contributed by atoms with Crippen molar-refractivity contribution in [2.45, 2.75) is 0 Å². The maximum atomic E-state index is 5.00. The first-order valence-electron chi connectivity index (χ1n) is 15.4. The standard InChI is InChI=1S/C42H27N3S/c1-3-11-30(12-4-1)35-27-36(44-41(43-35)33-13-5-2-6-14-33)31-23-19-28(20-24-31)29-21-25-32(26-22-29)40-34-15-7-8-16-37(34)45-38-17-9-10-18-39(38)46-42(40)45/h1-27H. The zero-order valence-corrected chi connectivity index (χ0v) is 25.7. The van der Waals surface area contributed by atoms with E-state index in [0.29, 0.717) is 0 Å². The largest absolute Gasteiger partial charge is 0.299 e. The van der Waals surface area contributed by atoms with Crippen LogP contribution in [0, 0.1) is 0 Å². The summed E-state index contributed by atoms with van der Waals surface area (Å²) in [6, 6.07) is 57.7. The third-order valence-corrected chi connectivity index (χ3v) is 9.80. The first-order chi connectivity index (χ1) is 22.8. The summed E-state index contributed by atoms with van der Waals surface area (Å²) >= 11 is 1.86. The summed E-state index contributed by atoms with van der Waals surface area (Å²) in [6.07, 6.45) is 0. The molecular weight excluding hydrogens is 579 g/mol. The highest BCUT2D eigenvalue weighted by atomic mass is 32.1. The quantitative estimate of drug-likeness (QED) is 0.195. The van der Waals surface area contributed by atoms with E-state index >= 15 is 0 Å². The highest BCUT2D eigenvalue weighted by Crippen LogP contribution is 2.42. The van der Waals surface area contributed by atoms with Gasteiger partial charge in [0.2, 0.25) is 0 Å². The van der Waals surface area contributed by atoms with Gasteiger partial charge in [-0.15, -0.1) is 11.3 Å². The predicted octanol–water partition coefficient (Wildman–Crippen LogP) is 11.4. The molecule has 0 spiro atoms. The van der Waals surface area contributed by atoms with Crippen LogP contribution in [0.4, 0.5) is 0 Å². The molecule has 0 amide bonds. The second-order valence-corrected chi connectivity index (χ2v) is 12.5. The minimum atomic E-state index is 0.725. The molecule has 0 fully saturated rings. The van der Waals surface area contributed by atoms with Crippen LogP contribution < -0.4 is 0 Å². The van der Waals surface area contributed by atoms with Crippen LogP contribution in [0.3, 0.4) is 0 Å². The molecule has 0 aliphatic carbocycles. The molecule has 9 rings (SSSR count). The molecule has 0 radical (unpaired) electrons. The molecule has 3 nitrogen and oxygen atoms in total. The van der Waals surface area contributed by atoms with Crippen molar-refractivity contribution in [2.24, 2.45) is 0 Å². The second-order valence-electron chi connectivity index (χ2n) is 11.5. The Balaban J connectivity index is 1.08. The number of para-hydroxylation sites is 2. The zero-order chi connectivity index (χ0) is 30.5. The zero-order valence-electron chi connectivity index (χ0n) is 24.8. The monoisotopic (exact) mass is 605 g/mol. The van der Waals surface area contributed by atoms with Gasteiger partial charge in [0.25, 0.3) is 0 Å². The molecule has 0 N–H and O–H groups in total. The molecule has 0 atom stereocenters. The highest BCUT2D eigenvalue weighted by molar-refractivity contribution is 7.24. The average Bonchev–Trinajstić information content (AvgIpc) is 3.67. The number of hydrogen-bond acceptors (Lipinski definition) is 3. The molecule has 6 aromatic carbocycles. The van der Waals surface area contributed by atoms with Crippen LogP contribution in [0.15, 0.2) is 164 Å². The maximum Gasteiger partial charge on any atom is 0.160 e. The first-order valence-corrected chi connectivity index (χ1v) is 16.2. The van der Waals surface area contributed by atoms with Crippen molar-refractivity contribution in [3.8, 4) is 56.2 Å². The van der Waals surface area contributed by atoms with Gasteiger partial charge in [-0.1, -0.05) is 140 Å². The normalized spacial score (nSPS) is 11.5. The highest BCUT2D eigenvalue weighted by Gasteiger charge is 2.18. The molecule has 3 heterocycles. The molecular formula is C42H27N3S. The summed E-state index contributed by atoms with van der Waals surface area (Å²) in [5.74, 6) is 0.725. The predicted molar refractivity (Wildman–Crippen MR) is 193 cm³/mol. The number of rotatable bonds is 5. The Bertz CT molecular complexity index is 2430. The fourth-order valence-corrected chi connectivity index (χ4v) is 7.63. The fraction of sp³-hybridized carbons (Fsp3) is 0. The summed E-state index contributed by atoms with van der Waals surface area (Å²) in [6.45, 7) is 0. The van der Waals surface area contributed by atoms with Gasteiger partial charge >= 0.3 is 0 Å². The molecule has 0 unspecified atom stereocenters. The SMILES string of the molecule is c1ccc(-c2cc(-c3ccc(-c4ccc(-c5c6ccccc6n6c5sc5ccccc56)cc4)cc3)nc(-c3ccccc3)n2)cc1. The van der Waals surface area contributed by atoms with Gasteiger partial charge in [0, 0.05) is 27.6 Å². The van der Waals surface area contributed by atoms with Gasteiger partial charge in [0.1, 0.15) is 4.83 Å². The number of benzene rings is 6. The third kappa shape index (κ3) is 4.50. The maximum absolute atomic E-state index is 5.00.